The minimum atomic E-state index is -2.34. The van der Waals surface area contributed by atoms with Crippen molar-refractivity contribution < 1.29 is 13.6 Å². The van der Waals surface area contributed by atoms with E-state index in [4.69, 9.17) is 5.73 Å². The molecule has 24 heavy (non-hydrogen) atoms. The molecule has 1 aliphatic carbocycles. The Labute approximate surface area is 139 Å². The Kier molecular flexibility index (Phi) is 4.32. The lowest BCUT2D eigenvalue weighted by Crippen LogP contribution is -2.27. The summed E-state index contributed by atoms with van der Waals surface area (Å²) in [5, 5.41) is 5.85. The van der Waals surface area contributed by atoms with Crippen molar-refractivity contribution in [1.29, 1.82) is 0 Å². The molecule has 0 radical (unpaired) electrons. The van der Waals surface area contributed by atoms with Crippen LogP contribution < -0.4 is 21.9 Å². The summed E-state index contributed by atoms with van der Waals surface area (Å²) in [4.78, 5) is 30.4. The summed E-state index contributed by atoms with van der Waals surface area (Å²) in [6.07, 6.45) is 1.97. The summed E-state index contributed by atoms with van der Waals surface area (Å²) in [5.74, 6) is -0.667. The summed E-state index contributed by atoms with van der Waals surface area (Å²) >= 11 is -2.34. The van der Waals surface area contributed by atoms with Crippen molar-refractivity contribution in [2.75, 3.05) is 10.6 Å². The largest absolute Gasteiger partial charge is 0.768 e. The average Bonchev–Trinajstić information content (AvgIpc) is 3.31. The first-order valence-corrected chi connectivity index (χ1v) is 8.18. The number of benzene rings is 1. The van der Waals surface area contributed by atoms with Gasteiger partial charge in [-0.3, -0.25) is 18.8 Å². The van der Waals surface area contributed by atoms with Gasteiger partial charge in [0.15, 0.2) is 5.82 Å². The number of carbonyl (C=O) groups is 1. The van der Waals surface area contributed by atoms with Crippen molar-refractivity contribution in [2.24, 2.45) is 5.73 Å². The minimum Gasteiger partial charge on any atom is -0.768 e. The Morgan fingerprint density at radius 3 is 2.54 bits per heavy atom. The van der Waals surface area contributed by atoms with Gasteiger partial charge < -0.3 is 20.9 Å². The van der Waals surface area contributed by atoms with Gasteiger partial charge in [0.05, 0.1) is 0 Å². The number of aromatic amines is 1. The average molecular weight is 348 g/mol. The molecule has 1 heterocycles. The fourth-order valence-electron chi connectivity index (χ4n) is 2.07. The minimum absolute atomic E-state index is 0.00500. The maximum absolute atomic E-state index is 12.1. The van der Waals surface area contributed by atoms with Crippen LogP contribution in [0.1, 0.15) is 23.2 Å². The van der Waals surface area contributed by atoms with E-state index >= 15 is 0 Å². The molecule has 1 fully saturated rings. The van der Waals surface area contributed by atoms with Gasteiger partial charge in [0.25, 0.3) is 11.5 Å². The number of rotatable bonds is 6. The first-order valence-electron chi connectivity index (χ1n) is 7.11. The van der Waals surface area contributed by atoms with Gasteiger partial charge in [-0.2, -0.15) is 4.98 Å². The molecule has 1 unspecified atom stereocenters. The van der Waals surface area contributed by atoms with E-state index in [-0.39, 0.29) is 28.3 Å². The molecule has 1 aromatic heterocycles. The zero-order chi connectivity index (χ0) is 17.3. The number of carbonyl (C=O) groups excluding carboxylic acids is 1. The van der Waals surface area contributed by atoms with Crippen molar-refractivity contribution >= 4 is 34.4 Å². The second kappa shape index (κ2) is 6.42. The second-order valence-electron chi connectivity index (χ2n) is 5.31. The van der Waals surface area contributed by atoms with Crippen molar-refractivity contribution in [3.8, 4) is 0 Å². The fraction of sp³-hybridized carbons (Fsp3) is 0.214. The third kappa shape index (κ3) is 3.60. The lowest BCUT2D eigenvalue weighted by molar-refractivity contribution is 0.0999. The highest BCUT2D eigenvalue weighted by molar-refractivity contribution is 7.79. The number of hydrogen-bond donors (Lipinski definition) is 4. The van der Waals surface area contributed by atoms with Crippen LogP contribution in [0.4, 0.5) is 17.5 Å². The summed E-state index contributed by atoms with van der Waals surface area (Å²) in [7, 11) is 0. The van der Waals surface area contributed by atoms with Crippen LogP contribution in [0.5, 0.6) is 0 Å². The zero-order valence-corrected chi connectivity index (χ0v) is 13.2. The number of anilines is 3. The Morgan fingerprint density at radius 1 is 1.33 bits per heavy atom. The molecule has 5 N–H and O–H groups in total. The number of nitrogens with two attached hydrogens (primary N) is 1. The van der Waals surface area contributed by atoms with Crippen LogP contribution >= 0.6 is 0 Å². The SMILES string of the molecule is NC(=O)c1c(Nc2ccc(S(=O)[O-])cc2)nc(NC2CC2)[nH]c1=O. The van der Waals surface area contributed by atoms with Crippen molar-refractivity contribution in [2.45, 2.75) is 23.8 Å². The topological polar surface area (TPSA) is 153 Å². The molecule has 1 amide bonds. The number of nitrogens with zero attached hydrogens (tertiary/aromatic N) is 1. The smallest absolute Gasteiger partial charge is 0.267 e. The maximum Gasteiger partial charge on any atom is 0.267 e. The molecular weight excluding hydrogens is 334 g/mol. The van der Waals surface area contributed by atoms with Crippen LogP contribution in [0.15, 0.2) is 34.0 Å². The van der Waals surface area contributed by atoms with Gasteiger partial charge in [0.2, 0.25) is 5.95 Å². The van der Waals surface area contributed by atoms with E-state index in [1.54, 1.807) is 0 Å². The van der Waals surface area contributed by atoms with Crippen LogP contribution in [0, 0.1) is 0 Å². The monoisotopic (exact) mass is 348 g/mol. The predicted octanol–water partition coefficient (Wildman–Crippen LogP) is 0.425. The third-order valence-corrected chi connectivity index (χ3v) is 4.05. The van der Waals surface area contributed by atoms with E-state index in [9.17, 15) is 18.4 Å². The fourth-order valence-corrected chi connectivity index (χ4v) is 2.43. The highest BCUT2D eigenvalue weighted by Crippen LogP contribution is 2.24. The Bertz CT molecular complexity index is 860. The number of aromatic nitrogens is 2. The van der Waals surface area contributed by atoms with E-state index in [0.717, 1.165) is 12.8 Å². The molecule has 2 aromatic rings. The van der Waals surface area contributed by atoms with E-state index < -0.39 is 22.5 Å². The van der Waals surface area contributed by atoms with Gasteiger partial charge in [0.1, 0.15) is 5.56 Å². The number of H-pyrrole nitrogens is 1. The second-order valence-corrected chi connectivity index (χ2v) is 6.25. The number of primary amides is 1. The molecule has 0 aliphatic heterocycles. The Balaban J connectivity index is 1.94. The van der Waals surface area contributed by atoms with Crippen molar-refractivity contribution in [3.63, 3.8) is 0 Å². The van der Waals surface area contributed by atoms with E-state index in [1.165, 1.54) is 24.3 Å². The highest BCUT2D eigenvalue weighted by atomic mass is 32.2. The predicted molar refractivity (Wildman–Crippen MR) is 86.9 cm³/mol. The molecular formula is C14H14N5O4S-. The Hall–Kier alpha value is -2.72. The molecule has 1 saturated carbocycles. The molecule has 10 heteroatoms. The molecule has 0 spiro atoms. The summed E-state index contributed by atoms with van der Waals surface area (Å²) in [5.41, 5.74) is 4.77. The molecule has 1 aliphatic rings. The van der Waals surface area contributed by atoms with Gasteiger partial charge in [-0.15, -0.1) is 0 Å². The van der Waals surface area contributed by atoms with E-state index in [0.29, 0.717) is 5.69 Å². The molecule has 1 aromatic carbocycles. The summed E-state index contributed by atoms with van der Waals surface area (Å²) in [6, 6.07) is 6.00. The number of nitrogens with one attached hydrogen (secondary N) is 3. The standard InChI is InChI=1S/C14H15N5O4S/c15-11(20)10-12(16-7-3-5-9(6-4-7)24(22)23)18-14(19-13(10)21)17-8-1-2-8/h3-6,8H,1-2H2,(H2,15,20)(H,22,23)(H3,16,17,18,19,21)/p-1. The van der Waals surface area contributed by atoms with Crippen LogP contribution in [0.2, 0.25) is 0 Å². The number of hydrogen-bond acceptors (Lipinski definition) is 7. The summed E-state index contributed by atoms with van der Waals surface area (Å²) in [6.45, 7) is 0. The van der Waals surface area contributed by atoms with Crippen LogP contribution in [-0.2, 0) is 11.1 Å². The normalized spacial score (nSPS) is 14.9. The maximum atomic E-state index is 12.1. The molecule has 0 saturated heterocycles. The highest BCUT2D eigenvalue weighted by Gasteiger charge is 2.23. The quantitative estimate of drug-likeness (QED) is 0.552. The first-order chi connectivity index (χ1) is 11.4. The first kappa shape index (κ1) is 16.1. The summed E-state index contributed by atoms with van der Waals surface area (Å²) < 4.78 is 21.7. The van der Waals surface area contributed by atoms with Gasteiger partial charge in [-0.1, -0.05) is 0 Å². The van der Waals surface area contributed by atoms with Crippen molar-refractivity contribution in [1.82, 2.24) is 9.97 Å². The van der Waals surface area contributed by atoms with E-state index in [2.05, 4.69) is 20.6 Å². The van der Waals surface area contributed by atoms with Crippen LogP contribution in [0.3, 0.4) is 0 Å². The van der Waals surface area contributed by atoms with E-state index in [1.807, 2.05) is 0 Å². The van der Waals surface area contributed by atoms with Gasteiger partial charge in [0, 0.05) is 16.6 Å². The lowest BCUT2D eigenvalue weighted by atomic mass is 10.2. The van der Waals surface area contributed by atoms with Crippen molar-refractivity contribution in [3.05, 3.63) is 40.2 Å². The zero-order valence-electron chi connectivity index (χ0n) is 12.4. The number of amides is 1. The molecule has 126 valence electrons. The molecule has 0 bridgehead atoms. The van der Waals surface area contributed by atoms with Gasteiger partial charge in [-0.05, 0) is 48.2 Å². The van der Waals surface area contributed by atoms with Crippen LogP contribution in [-0.4, -0.2) is 30.7 Å². The molecule has 9 nitrogen and oxygen atoms in total. The lowest BCUT2D eigenvalue weighted by Gasteiger charge is -2.12. The molecule has 3 rings (SSSR count). The van der Waals surface area contributed by atoms with Gasteiger partial charge >= 0.3 is 0 Å². The Morgan fingerprint density at radius 2 is 2.00 bits per heavy atom. The van der Waals surface area contributed by atoms with Gasteiger partial charge in [-0.25, -0.2) is 0 Å². The third-order valence-electron chi connectivity index (χ3n) is 3.39. The van der Waals surface area contributed by atoms with Crippen LogP contribution in [0.25, 0.3) is 0 Å². The molecule has 1 atom stereocenters.